The zero-order chi connectivity index (χ0) is 9.61. The molecule has 0 saturated heterocycles. The molecule has 0 aliphatic heterocycles. The van der Waals surface area contributed by atoms with Crippen molar-refractivity contribution in [1.82, 2.24) is 0 Å². The molecule has 0 bridgehead atoms. The topological polar surface area (TPSA) is 0 Å². The maximum atomic E-state index is 3.01. The minimum absolute atomic E-state index is 0.393. The third kappa shape index (κ3) is 4.20. The molecule has 0 nitrogen and oxygen atoms in total. The lowest BCUT2D eigenvalue weighted by Gasteiger charge is -2.32. The third-order valence-corrected chi connectivity index (χ3v) is 4.53. The minimum atomic E-state index is 0.393. The summed E-state index contributed by atoms with van der Waals surface area (Å²) in [5, 5.41) is 0. The van der Waals surface area contributed by atoms with E-state index < -0.39 is 0 Å². The summed E-state index contributed by atoms with van der Waals surface area (Å²) in [4.78, 5) is 0.393. The first kappa shape index (κ1) is 12.9. The molecule has 0 rings (SSSR count). The van der Waals surface area contributed by atoms with E-state index in [0.29, 0.717) is 4.90 Å². The van der Waals surface area contributed by atoms with Crippen molar-refractivity contribution in [3.05, 3.63) is 0 Å². The van der Waals surface area contributed by atoms with Crippen molar-refractivity contribution in [3.8, 4) is 0 Å². The van der Waals surface area contributed by atoms with E-state index >= 15 is 0 Å². The SMILES string of the molecule is CCCCC(CC)C(P)(P)CC. The molecule has 3 atom stereocenters. The van der Waals surface area contributed by atoms with Crippen LogP contribution in [-0.4, -0.2) is 4.90 Å². The maximum Gasteiger partial charge on any atom is 0.00182 e. The molecule has 0 aromatic rings. The molecule has 0 radical (unpaired) electrons. The zero-order valence-electron chi connectivity index (χ0n) is 8.77. The van der Waals surface area contributed by atoms with E-state index in [2.05, 4.69) is 39.3 Å². The summed E-state index contributed by atoms with van der Waals surface area (Å²) in [6, 6.07) is 0. The van der Waals surface area contributed by atoms with Crippen molar-refractivity contribution in [2.75, 3.05) is 0 Å². The first-order valence-electron chi connectivity index (χ1n) is 5.16. The summed E-state index contributed by atoms with van der Waals surface area (Å²) in [6.45, 7) is 6.85. The Bertz CT molecular complexity index is 110. The standard InChI is InChI=1S/C10H24P2/c1-4-7-8-9(5-2)10(11,12)6-3/h9H,4-8,11-12H2,1-3H3. The maximum absolute atomic E-state index is 3.01. The van der Waals surface area contributed by atoms with Crippen LogP contribution in [0.2, 0.25) is 0 Å². The van der Waals surface area contributed by atoms with Gasteiger partial charge in [-0.3, -0.25) is 0 Å². The van der Waals surface area contributed by atoms with Gasteiger partial charge in [-0.1, -0.05) is 40.0 Å². The third-order valence-electron chi connectivity index (χ3n) is 2.77. The summed E-state index contributed by atoms with van der Waals surface area (Å²) in [7, 11) is 6.02. The Morgan fingerprint density at radius 2 is 1.75 bits per heavy atom. The van der Waals surface area contributed by atoms with E-state index in [4.69, 9.17) is 0 Å². The van der Waals surface area contributed by atoms with Crippen LogP contribution in [-0.2, 0) is 0 Å². The van der Waals surface area contributed by atoms with Crippen molar-refractivity contribution >= 4 is 18.5 Å². The lowest BCUT2D eigenvalue weighted by Crippen LogP contribution is -2.22. The average Bonchev–Trinajstić information content (AvgIpc) is 2.05. The zero-order valence-corrected chi connectivity index (χ0v) is 11.1. The first-order valence-corrected chi connectivity index (χ1v) is 6.31. The molecule has 0 heterocycles. The molecule has 0 aromatic heterocycles. The molecule has 2 heteroatoms. The van der Waals surface area contributed by atoms with Crippen molar-refractivity contribution < 1.29 is 0 Å². The van der Waals surface area contributed by atoms with E-state index in [1.54, 1.807) is 0 Å². The average molecular weight is 206 g/mol. The van der Waals surface area contributed by atoms with Gasteiger partial charge < -0.3 is 0 Å². The predicted molar refractivity (Wildman–Crippen MR) is 65.7 cm³/mol. The van der Waals surface area contributed by atoms with E-state index in [-0.39, 0.29) is 0 Å². The van der Waals surface area contributed by atoms with Gasteiger partial charge in [-0.05, 0) is 18.8 Å². The van der Waals surface area contributed by atoms with Crippen molar-refractivity contribution in [3.63, 3.8) is 0 Å². The number of unbranched alkanes of at least 4 members (excludes halogenated alkanes) is 1. The van der Waals surface area contributed by atoms with Crippen LogP contribution < -0.4 is 0 Å². The number of hydrogen-bond acceptors (Lipinski definition) is 0. The van der Waals surface area contributed by atoms with Gasteiger partial charge in [0.2, 0.25) is 0 Å². The van der Waals surface area contributed by atoms with Gasteiger partial charge in [0.25, 0.3) is 0 Å². The highest BCUT2D eigenvalue weighted by Crippen LogP contribution is 2.42. The van der Waals surface area contributed by atoms with Crippen LogP contribution in [0, 0.1) is 5.92 Å². The summed E-state index contributed by atoms with van der Waals surface area (Å²) in [5.41, 5.74) is 0. The number of rotatable bonds is 6. The molecule has 12 heavy (non-hydrogen) atoms. The smallest absolute Gasteiger partial charge is 0.00182 e. The first-order chi connectivity index (χ1) is 5.58. The van der Waals surface area contributed by atoms with E-state index in [9.17, 15) is 0 Å². The Hall–Kier alpha value is 0.860. The fraction of sp³-hybridized carbons (Fsp3) is 1.00. The molecular formula is C10H24P2. The Labute approximate surface area is 82.7 Å². The largest absolute Gasteiger partial charge is 0.127 e. The molecule has 0 aliphatic rings. The van der Waals surface area contributed by atoms with Crippen LogP contribution in [0.25, 0.3) is 0 Å². The van der Waals surface area contributed by atoms with Crippen LogP contribution in [0.15, 0.2) is 0 Å². The second kappa shape index (κ2) is 6.33. The van der Waals surface area contributed by atoms with Gasteiger partial charge in [0.15, 0.2) is 0 Å². The molecule has 0 aliphatic carbocycles. The van der Waals surface area contributed by atoms with Crippen LogP contribution in [0.3, 0.4) is 0 Å². The van der Waals surface area contributed by atoms with Crippen molar-refractivity contribution in [2.45, 2.75) is 57.8 Å². The monoisotopic (exact) mass is 206 g/mol. The van der Waals surface area contributed by atoms with Gasteiger partial charge in [-0.2, -0.15) is 0 Å². The molecule has 0 spiro atoms. The fourth-order valence-electron chi connectivity index (χ4n) is 1.59. The molecule has 0 fully saturated rings. The normalized spacial score (nSPS) is 14.8. The summed E-state index contributed by atoms with van der Waals surface area (Å²) in [6.07, 6.45) is 6.63. The minimum Gasteiger partial charge on any atom is -0.127 e. The number of hydrogen-bond donors (Lipinski definition) is 0. The second-order valence-corrected chi connectivity index (χ2v) is 6.53. The lowest BCUT2D eigenvalue weighted by atomic mass is 9.93. The highest BCUT2D eigenvalue weighted by molar-refractivity contribution is 7.39. The highest BCUT2D eigenvalue weighted by atomic mass is 31.1. The van der Waals surface area contributed by atoms with Gasteiger partial charge in [-0.15, -0.1) is 18.5 Å². The predicted octanol–water partition coefficient (Wildman–Crippen LogP) is 4.06. The van der Waals surface area contributed by atoms with Crippen LogP contribution >= 0.6 is 18.5 Å². The fourth-order valence-corrected chi connectivity index (χ4v) is 2.40. The van der Waals surface area contributed by atoms with Gasteiger partial charge in [0.1, 0.15) is 0 Å². The van der Waals surface area contributed by atoms with Gasteiger partial charge in [0, 0.05) is 4.90 Å². The summed E-state index contributed by atoms with van der Waals surface area (Å²) < 4.78 is 0. The Kier molecular flexibility index (Phi) is 6.79. The summed E-state index contributed by atoms with van der Waals surface area (Å²) >= 11 is 0. The second-order valence-electron chi connectivity index (χ2n) is 3.71. The summed E-state index contributed by atoms with van der Waals surface area (Å²) in [5.74, 6) is 0.859. The molecule has 0 saturated carbocycles. The molecular weight excluding hydrogens is 182 g/mol. The van der Waals surface area contributed by atoms with Gasteiger partial charge >= 0.3 is 0 Å². The van der Waals surface area contributed by atoms with Gasteiger partial charge in [0.05, 0.1) is 0 Å². The van der Waals surface area contributed by atoms with Crippen LogP contribution in [0.4, 0.5) is 0 Å². The Morgan fingerprint density at radius 1 is 1.17 bits per heavy atom. The molecule has 0 aromatic carbocycles. The van der Waals surface area contributed by atoms with Crippen molar-refractivity contribution in [2.24, 2.45) is 5.92 Å². The quantitative estimate of drug-likeness (QED) is 0.575. The van der Waals surface area contributed by atoms with E-state index in [1.807, 2.05) is 0 Å². The van der Waals surface area contributed by atoms with E-state index in [0.717, 1.165) is 5.92 Å². The molecule has 3 unspecified atom stereocenters. The molecule has 0 N–H and O–H groups in total. The van der Waals surface area contributed by atoms with Crippen molar-refractivity contribution in [1.29, 1.82) is 0 Å². The van der Waals surface area contributed by atoms with Crippen LogP contribution in [0.5, 0.6) is 0 Å². The molecule has 74 valence electrons. The lowest BCUT2D eigenvalue weighted by molar-refractivity contribution is 0.405. The van der Waals surface area contributed by atoms with Crippen LogP contribution in [0.1, 0.15) is 52.9 Å². The van der Waals surface area contributed by atoms with Gasteiger partial charge in [-0.25, -0.2) is 0 Å². The van der Waals surface area contributed by atoms with E-state index in [1.165, 1.54) is 32.1 Å². The Balaban J connectivity index is 3.95. The Morgan fingerprint density at radius 3 is 2.08 bits per heavy atom. The molecule has 0 amide bonds. The highest BCUT2D eigenvalue weighted by Gasteiger charge is 2.25.